The Bertz CT molecular complexity index is 719. The second kappa shape index (κ2) is 4.10. The van der Waals surface area contributed by atoms with E-state index < -0.39 is 0 Å². The molecule has 3 nitrogen and oxygen atoms in total. The molecule has 2 amide bonds. The first-order chi connectivity index (χ1) is 10.6. The predicted octanol–water partition coefficient (Wildman–Crippen LogP) is 3.32. The zero-order valence-electron chi connectivity index (χ0n) is 12.2. The van der Waals surface area contributed by atoms with Crippen LogP contribution in [0.15, 0.2) is 34.8 Å². The Kier molecular flexibility index (Phi) is 2.44. The third-order valence-corrected chi connectivity index (χ3v) is 6.95. The van der Waals surface area contributed by atoms with Gasteiger partial charge in [0.05, 0.1) is 17.5 Å². The number of halogens is 1. The SMILES string of the molecule is Cc1cc(N2C(=O)[C@@H]3[C@@H]4C=C[C@@H]([C@H]5C[C@@H]45)[C@@H]3C2=O)ccc1Br. The minimum absolute atomic E-state index is 0.0152. The summed E-state index contributed by atoms with van der Waals surface area (Å²) in [6.07, 6.45) is 5.62. The number of rotatable bonds is 1. The van der Waals surface area contributed by atoms with E-state index in [4.69, 9.17) is 0 Å². The zero-order valence-corrected chi connectivity index (χ0v) is 13.8. The highest BCUT2D eigenvalue weighted by molar-refractivity contribution is 9.10. The molecule has 1 heterocycles. The molecule has 1 saturated heterocycles. The topological polar surface area (TPSA) is 37.4 Å². The number of hydrogen-bond acceptors (Lipinski definition) is 2. The van der Waals surface area contributed by atoms with Crippen molar-refractivity contribution in [3.8, 4) is 0 Å². The first kappa shape index (κ1) is 13.1. The number of imide groups is 1. The van der Waals surface area contributed by atoms with E-state index in [-0.39, 0.29) is 35.5 Å². The van der Waals surface area contributed by atoms with E-state index in [0.717, 1.165) is 15.7 Å². The fourth-order valence-corrected chi connectivity index (χ4v) is 5.23. The second-order valence-electron chi connectivity index (χ2n) is 7.10. The summed E-state index contributed by atoms with van der Waals surface area (Å²) in [5.41, 5.74) is 1.76. The molecular weight excluding hydrogens is 342 g/mol. The number of carbonyl (C=O) groups excluding carboxylic acids is 2. The van der Waals surface area contributed by atoms with Crippen molar-refractivity contribution < 1.29 is 9.59 Å². The van der Waals surface area contributed by atoms with Crippen molar-refractivity contribution >= 4 is 33.4 Å². The fraction of sp³-hybridized carbons (Fsp3) is 0.444. The summed E-state index contributed by atoms with van der Waals surface area (Å²) in [6.45, 7) is 1.98. The molecule has 0 unspecified atom stereocenters. The standard InChI is InChI=1S/C18H16BrNO2/c1-8-6-9(2-5-14(8)19)20-17(21)15-10-3-4-11(13-7-12(10)13)16(15)18(20)22/h2-6,10-13,15-16H,7H2,1H3/t10-,11+,12+,13-,15-,16+. The maximum Gasteiger partial charge on any atom is 0.238 e. The number of carbonyl (C=O) groups is 2. The van der Waals surface area contributed by atoms with Crippen LogP contribution in [0.3, 0.4) is 0 Å². The maximum atomic E-state index is 13.0. The van der Waals surface area contributed by atoms with E-state index in [1.807, 2.05) is 25.1 Å². The van der Waals surface area contributed by atoms with Crippen LogP contribution in [0.4, 0.5) is 5.69 Å². The van der Waals surface area contributed by atoms with E-state index in [1.54, 1.807) is 0 Å². The summed E-state index contributed by atoms with van der Waals surface area (Å²) in [6, 6.07) is 5.70. The van der Waals surface area contributed by atoms with E-state index in [1.165, 1.54) is 11.3 Å². The summed E-state index contributed by atoms with van der Waals surface area (Å²) in [5.74, 6) is 1.68. The normalized spacial score (nSPS) is 40.9. The van der Waals surface area contributed by atoms with Gasteiger partial charge in [-0.2, -0.15) is 0 Å². The lowest BCUT2D eigenvalue weighted by Crippen LogP contribution is -2.40. The summed E-state index contributed by atoms with van der Waals surface area (Å²) >= 11 is 3.47. The minimum Gasteiger partial charge on any atom is -0.274 e. The highest BCUT2D eigenvalue weighted by atomic mass is 79.9. The fourth-order valence-electron chi connectivity index (χ4n) is 4.98. The molecule has 22 heavy (non-hydrogen) atoms. The molecular formula is C18H16BrNO2. The quantitative estimate of drug-likeness (QED) is 0.571. The van der Waals surface area contributed by atoms with Crippen LogP contribution in [-0.2, 0) is 9.59 Å². The van der Waals surface area contributed by atoms with Gasteiger partial charge in [-0.15, -0.1) is 0 Å². The molecule has 3 fully saturated rings. The molecule has 112 valence electrons. The Hall–Kier alpha value is -1.42. The van der Waals surface area contributed by atoms with Crippen LogP contribution in [0.2, 0.25) is 0 Å². The van der Waals surface area contributed by atoms with Gasteiger partial charge in [0.1, 0.15) is 0 Å². The van der Waals surface area contributed by atoms with E-state index in [2.05, 4.69) is 28.1 Å². The average Bonchev–Trinajstić information content (AvgIpc) is 3.28. The molecule has 6 rings (SSSR count). The van der Waals surface area contributed by atoms with Crippen molar-refractivity contribution in [2.75, 3.05) is 4.90 Å². The van der Waals surface area contributed by atoms with Gasteiger partial charge in [-0.25, -0.2) is 0 Å². The molecule has 0 N–H and O–H groups in total. The van der Waals surface area contributed by atoms with Gasteiger partial charge in [-0.05, 0) is 60.8 Å². The first-order valence-corrected chi connectivity index (χ1v) is 8.69. The number of anilines is 1. The van der Waals surface area contributed by atoms with Crippen LogP contribution >= 0.6 is 15.9 Å². The van der Waals surface area contributed by atoms with E-state index in [0.29, 0.717) is 11.8 Å². The van der Waals surface area contributed by atoms with Crippen molar-refractivity contribution in [2.24, 2.45) is 35.5 Å². The number of hydrogen-bond donors (Lipinski definition) is 0. The maximum absolute atomic E-state index is 13.0. The molecule has 0 spiro atoms. The second-order valence-corrected chi connectivity index (χ2v) is 7.95. The average molecular weight is 358 g/mol. The van der Waals surface area contributed by atoms with Crippen LogP contribution in [0, 0.1) is 42.4 Å². The first-order valence-electron chi connectivity index (χ1n) is 7.90. The molecule has 0 radical (unpaired) electrons. The van der Waals surface area contributed by atoms with Crippen molar-refractivity contribution in [3.63, 3.8) is 0 Å². The summed E-state index contributed by atoms with van der Waals surface area (Å²) in [7, 11) is 0. The number of aryl methyl sites for hydroxylation is 1. The Morgan fingerprint density at radius 3 is 2.18 bits per heavy atom. The van der Waals surface area contributed by atoms with E-state index in [9.17, 15) is 9.59 Å². The van der Waals surface area contributed by atoms with Crippen LogP contribution in [0.5, 0.6) is 0 Å². The Morgan fingerprint density at radius 2 is 1.64 bits per heavy atom. The Balaban J connectivity index is 1.58. The zero-order chi connectivity index (χ0) is 15.2. The molecule has 1 aromatic rings. The smallest absolute Gasteiger partial charge is 0.238 e. The monoisotopic (exact) mass is 357 g/mol. The van der Waals surface area contributed by atoms with Crippen LogP contribution in [0.1, 0.15) is 12.0 Å². The van der Waals surface area contributed by atoms with Gasteiger partial charge in [0.2, 0.25) is 11.8 Å². The van der Waals surface area contributed by atoms with Gasteiger partial charge in [-0.1, -0.05) is 28.1 Å². The molecule has 1 aromatic carbocycles. The van der Waals surface area contributed by atoms with Crippen LogP contribution < -0.4 is 4.90 Å². The Labute approximate surface area is 137 Å². The van der Waals surface area contributed by atoms with Crippen LogP contribution in [0.25, 0.3) is 0 Å². The number of amides is 2. The van der Waals surface area contributed by atoms with Crippen molar-refractivity contribution in [2.45, 2.75) is 13.3 Å². The van der Waals surface area contributed by atoms with Crippen molar-refractivity contribution in [1.82, 2.24) is 0 Å². The van der Waals surface area contributed by atoms with Gasteiger partial charge in [0, 0.05) is 4.47 Å². The third kappa shape index (κ3) is 1.47. The van der Waals surface area contributed by atoms with Crippen molar-refractivity contribution in [1.29, 1.82) is 0 Å². The van der Waals surface area contributed by atoms with Gasteiger partial charge >= 0.3 is 0 Å². The van der Waals surface area contributed by atoms with Crippen molar-refractivity contribution in [3.05, 3.63) is 40.4 Å². The number of nitrogens with zero attached hydrogens (tertiary/aromatic N) is 1. The lowest BCUT2D eigenvalue weighted by Gasteiger charge is -2.37. The highest BCUT2D eigenvalue weighted by Crippen LogP contribution is 2.65. The van der Waals surface area contributed by atoms with E-state index >= 15 is 0 Å². The molecule has 4 aliphatic carbocycles. The van der Waals surface area contributed by atoms with Gasteiger partial charge in [0.15, 0.2) is 0 Å². The number of benzene rings is 1. The molecule has 2 saturated carbocycles. The van der Waals surface area contributed by atoms with Gasteiger partial charge in [-0.3, -0.25) is 14.5 Å². The van der Waals surface area contributed by atoms with Gasteiger partial charge in [0.25, 0.3) is 0 Å². The minimum atomic E-state index is -0.116. The van der Waals surface area contributed by atoms with Crippen LogP contribution in [-0.4, -0.2) is 11.8 Å². The Morgan fingerprint density at radius 1 is 1.05 bits per heavy atom. The summed E-state index contributed by atoms with van der Waals surface area (Å²) in [5, 5.41) is 0. The third-order valence-electron chi connectivity index (χ3n) is 6.06. The molecule has 6 atom stereocenters. The summed E-state index contributed by atoms with van der Waals surface area (Å²) in [4.78, 5) is 27.4. The molecule has 4 heteroatoms. The van der Waals surface area contributed by atoms with Gasteiger partial charge < -0.3 is 0 Å². The largest absolute Gasteiger partial charge is 0.274 e. The number of allylic oxidation sites excluding steroid dienone is 2. The lowest BCUT2D eigenvalue weighted by molar-refractivity contribution is -0.124. The molecule has 5 aliphatic rings. The predicted molar refractivity (Wildman–Crippen MR) is 86.1 cm³/mol. The highest BCUT2D eigenvalue weighted by Gasteiger charge is 2.67. The molecule has 2 bridgehead atoms. The molecule has 0 aromatic heterocycles. The molecule has 1 aliphatic heterocycles. The summed E-state index contributed by atoms with van der Waals surface area (Å²) < 4.78 is 0.996. The lowest BCUT2D eigenvalue weighted by atomic mass is 9.63.